The van der Waals surface area contributed by atoms with Gasteiger partial charge in [0.25, 0.3) is 0 Å². The Bertz CT molecular complexity index is 930. The average molecular weight is 393 g/mol. The highest BCUT2D eigenvalue weighted by Gasteiger charge is 2.02. The van der Waals surface area contributed by atoms with Crippen LogP contribution in [0, 0.1) is 0 Å². The molecule has 0 saturated carbocycles. The topological polar surface area (TPSA) is 97.4 Å². The van der Waals surface area contributed by atoms with Crippen molar-refractivity contribution in [1.29, 1.82) is 0 Å². The van der Waals surface area contributed by atoms with Gasteiger partial charge in [-0.2, -0.15) is 4.98 Å². The summed E-state index contributed by atoms with van der Waals surface area (Å²) in [5, 5.41) is 9.07. The van der Waals surface area contributed by atoms with E-state index in [1.807, 2.05) is 48.5 Å². The van der Waals surface area contributed by atoms with E-state index in [2.05, 4.69) is 25.9 Å². The van der Waals surface area contributed by atoms with Gasteiger partial charge in [0.1, 0.15) is 23.9 Å². The highest BCUT2D eigenvalue weighted by atomic mass is 16.5. The van der Waals surface area contributed by atoms with Crippen LogP contribution < -0.4 is 25.4 Å². The highest BCUT2D eigenvalue weighted by molar-refractivity contribution is 5.88. The molecule has 0 fully saturated rings. The Kier molecular flexibility index (Phi) is 6.83. The van der Waals surface area contributed by atoms with Crippen molar-refractivity contribution in [2.75, 3.05) is 36.2 Å². The number of nitrogens with one attached hydrogen (secondary N) is 3. The van der Waals surface area contributed by atoms with Crippen molar-refractivity contribution in [2.45, 2.75) is 6.92 Å². The molecule has 0 aliphatic rings. The predicted molar refractivity (Wildman–Crippen MR) is 113 cm³/mol. The minimum atomic E-state index is -0.104. The molecule has 0 atom stereocenters. The van der Waals surface area contributed by atoms with Gasteiger partial charge in [-0.15, -0.1) is 0 Å². The number of methoxy groups -OCH3 is 1. The third-order valence-electron chi connectivity index (χ3n) is 3.85. The van der Waals surface area contributed by atoms with Crippen LogP contribution in [0.3, 0.4) is 0 Å². The maximum Gasteiger partial charge on any atom is 0.224 e. The van der Waals surface area contributed by atoms with E-state index < -0.39 is 0 Å². The number of ether oxygens (including phenoxy) is 2. The van der Waals surface area contributed by atoms with Crippen LogP contribution in [0.5, 0.6) is 11.5 Å². The fourth-order valence-corrected chi connectivity index (χ4v) is 2.51. The van der Waals surface area contributed by atoms with Gasteiger partial charge < -0.3 is 25.4 Å². The molecule has 0 aliphatic carbocycles. The first-order valence-electron chi connectivity index (χ1n) is 9.11. The van der Waals surface area contributed by atoms with Gasteiger partial charge in [0.15, 0.2) is 0 Å². The van der Waals surface area contributed by atoms with E-state index in [1.54, 1.807) is 19.4 Å². The summed E-state index contributed by atoms with van der Waals surface area (Å²) in [7, 11) is 1.63. The van der Waals surface area contributed by atoms with Gasteiger partial charge in [-0.25, -0.2) is 4.98 Å². The SMILES string of the molecule is COc1ccc(OCCNc2nccc(Nc3ccc(NC(C)=O)cc3)n2)cc1. The van der Waals surface area contributed by atoms with Gasteiger partial charge in [0, 0.05) is 24.5 Å². The van der Waals surface area contributed by atoms with Crippen LogP contribution in [0.25, 0.3) is 0 Å². The normalized spacial score (nSPS) is 10.1. The lowest BCUT2D eigenvalue weighted by atomic mass is 10.2. The molecule has 0 bridgehead atoms. The van der Waals surface area contributed by atoms with Gasteiger partial charge in [-0.05, 0) is 54.6 Å². The molecule has 8 heteroatoms. The van der Waals surface area contributed by atoms with Crippen LogP contribution >= 0.6 is 0 Å². The molecule has 29 heavy (non-hydrogen) atoms. The van der Waals surface area contributed by atoms with Gasteiger partial charge in [-0.1, -0.05) is 0 Å². The van der Waals surface area contributed by atoms with Gasteiger partial charge in [-0.3, -0.25) is 4.79 Å². The van der Waals surface area contributed by atoms with Crippen molar-refractivity contribution in [3.63, 3.8) is 0 Å². The Labute approximate surface area is 169 Å². The largest absolute Gasteiger partial charge is 0.497 e. The number of carbonyl (C=O) groups excluding carboxylic acids is 1. The standard InChI is InChI=1S/C21H23N5O3/c1-15(27)24-16-3-5-17(6-4-16)25-20-11-12-22-21(26-20)23-13-14-29-19-9-7-18(28-2)8-10-19/h3-12H,13-14H2,1-2H3,(H,24,27)(H2,22,23,25,26). The lowest BCUT2D eigenvalue weighted by Crippen LogP contribution is -2.13. The van der Waals surface area contributed by atoms with Crippen LogP contribution in [0.4, 0.5) is 23.1 Å². The number of hydrogen-bond acceptors (Lipinski definition) is 7. The lowest BCUT2D eigenvalue weighted by Gasteiger charge is -2.10. The van der Waals surface area contributed by atoms with E-state index in [4.69, 9.17) is 9.47 Å². The van der Waals surface area contributed by atoms with E-state index in [0.717, 1.165) is 22.9 Å². The maximum atomic E-state index is 11.1. The minimum Gasteiger partial charge on any atom is -0.497 e. The second kappa shape index (κ2) is 9.93. The van der Waals surface area contributed by atoms with Crippen LogP contribution in [0.2, 0.25) is 0 Å². The number of nitrogens with zero attached hydrogens (tertiary/aromatic N) is 2. The molecule has 0 aliphatic heterocycles. The molecule has 3 N–H and O–H groups in total. The van der Waals surface area contributed by atoms with Gasteiger partial charge in [0.05, 0.1) is 13.7 Å². The van der Waals surface area contributed by atoms with E-state index in [9.17, 15) is 4.79 Å². The Hall–Kier alpha value is -3.81. The summed E-state index contributed by atoms with van der Waals surface area (Å²) in [5.74, 6) is 2.62. The fourth-order valence-electron chi connectivity index (χ4n) is 2.51. The molecule has 1 amide bonds. The zero-order chi connectivity index (χ0) is 20.5. The predicted octanol–water partition coefficient (Wildman–Crippen LogP) is 3.68. The number of rotatable bonds is 9. The molecule has 0 saturated heterocycles. The molecule has 0 unspecified atom stereocenters. The number of carbonyl (C=O) groups is 1. The molecule has 1 heterocycles. The number of hydrogen-bond donors (Lipinski definition) is 3. The third-order valence-corrected chi connectivity index (χ3v) is 3.85. The molecule has 150 valence electrons. The van der Waals surface area contributed by atoms with Crippen LogP contribution in [-0.2, 0) is 4.79 Å². The summed E-state index contributed by atoms with van der Waals surface area (Å²) in [6.07, 6.45) is 1.67. The molecule has 3 rings (SSSR count). The number of amides is 1. The molecule has 0 radical (unpaired) electrons. The Morgan fingerprint density at radius 3 is 2.34 bits per heavy atom. The van der Waals surface area contributed by atoms with Crippen LogP contribution in [-0.4, -0.2) is 36.1 Å². The Morgan fingerprint density at radius 1 is 0.966 bits per heavy atom. The summed E-state index contributed by atoms with van der Waals surface area (Å²) >= 11 is 0. The summed E-state index contributed by atoms with van der Waals surface area (Å²) in [6, 6.07) is 16.6. The molecule has 1 aromatic heterocycles. The van der Waals surface area contributed by atoms with Gasteiger partial charge in [0.2, 0.25) is 11.9 Å². The van der Waals surface area contributed by atoms with Crippen molar-refractivity contribution < 1.29 is 14.3 Å². The molecular weight excluding hydrogens is 370 g/mol. The first-order valence-corrected chi connectivity index (χ1v) is 9.11. The molecule has 3 aromatic rings. The monoisotopic (exact) mass is 393 g/mol. The summed E-state index contributed by atoms with van der Waals surface area (Å²) in [5.41, 5.74) is 1.59. The average Bonchev–Trinajstić information content (AvgIpc) is 2.73. The van der Waals surface area contributed by atoms with Crippen molar-refractivity contribution in [2.24, 2.45) is 0 Å². The zero-order valence-corrected chi connectivity index (χ0v) is 16.3. The summed E-state index contributed by atoms with van der Waals surface area (Å²) in [4.78, 5) is 19.7. The van der Waals surface area contributed by atoms with Gasteiger partial charge >= 0.3 is 0 Å². The van der Waals surface area contributed by atoms with Crippen molar-refractivity contribution in [1.82, 2.24) is 9.97 Å². The van der Waals surface area contributed by atoms with E-state index in [1.165, 1.54) is 6.92 Å². The van der Waals surface area contributed by atoms with E-state index >= 15 is 0 Å². The zero-order valence-electron chi connectivity index (χ0n) is 16.3. The fraction of sp³-hybridized carbons (Fsp3) is 0.190. The minimum absolute atomic E-state index is 0.104. The lowest BCUT2D eigenvalue weighted by molar-refractivity contribution is -0.114. The smallest absolute Gasteiger partial charge is 0.224 e. The first-order chi connectivity index (χ1) is 14.1. The Morgan fingerprint density at radius 2 is 1.66 bits per heavy atom. The number of aromatic nitrogens is 2. The quantitative estimate of drug-likeness (QED) is 0.477. The molecule has 0 spiro atoms. The van der Waals surface area contributed by atoms with E-state index in [0.29, 0.717) is 24.9 Å². The molecular formula is C21H23N5O3. The third kappa shape index (κ3) is 6.39. The first kappa shape index (κ1) is 19.9. The maximum absolute atomic E-state index is 11.1. The molecule has 8 nitrogen and oxygen atoms in total. The second-order valence-corrected chi connectivity index (χ2v) is 6.10. The Balaban J connectivity index is 1.48. The van der Waals surface area contributed by atoms with Crippen LogP contribution in [0.1, 0.15) is 6.92 Å². The molecule has 2 aromatic carbocycles. The van der Waals surface area contributed by atoms with Crippen LogP contribution in [0.15, 0.2) is 60.8 Å². The highest BCUT2D eigenvalue weighted by Crippen LogP contribution is 2.19. The summed E-state index contributed by atoms with van der Waals surface area (Å²) in [6.45, 7) is 2.50. The van der Waals surface area contributed by atoms with Crippen molar-refractivity contribution in [3.8, 4) is 11.5 Å². The van der Waals surface area contributed by atoms with E-state index in [-0.39, 0.29) is 5.91 Å². The van der Waals surface area contributed by atoms with Crippen molar-refractivity contribution in [3.05, 3.63) is 60.8 Å². The number of benzene rings is 2. The van der Waals surface area contributed by atoms with Crippen molar-refractivity contribution >= 4 is 29.0 Å². The second-order valence-electron chi connectivity index (χ2n) is 6.10. The summed E-state index contributed by atoms with van der Waals surface area (Å²) < 4.78 is 10.8. The number of anilines is 4.